The van der Waals surface area contributed by atoms with E-state index in [0.717, 1.165) is 21.9 Å². The lowest BCUT2D eigenvalue weighted by atomic mass is 10.1. The monoisotopic (exact) mass is 341 g/mol. The second-order valence-electron chi connectivity index (χ2n) is 5.24. The van der Waals surface area contributed by atoms with E-state index in [2.05, 4.69) is 69.3 Å². The van der Waals surface area contributed by atoms with Crippen LogP contribution in [0.5, 0.6) is 0 Å². The molecule has 4 heteroatoms. The van der Waals surface area contributed by atoms with Crippen LogP contribution in [0.1, 0.15) is 25.6 Å². The smallest absolute Gasteiger partial charge is 0.135 e. The molecule has 1 N–H and O–H groups in total. The Labute approximate surface area is 132 Å². The number of rotatable bonds is 3. The number of halogens is 1. The fourth-order valence-electron chi connectivity index (χ4n) is 2.23. The highest BCUT2D eigenvalue weighted by molar-refractivity contribution is 9.10. The lowest BCUT2D eigenvalue weighted by molar-refractivity contribution is 0.771. The molecule has 2 aromatic carbocycles. The van der Waals surface area contributed by atoms with Crippen LogP contribution in [0.3, 0.4) is 0 Å². The highest BCUT2D eigenvalue weighted by Crippen LogP contribution is 2.27. The zero-order chi connectivity index (χ0) is 14.8. The van der Waals surface area contributed by atoms with Crippen molar-refractivity contribution in [3.63, 3.8) is 0 Å². The Bertz CT molecular complexity index is 779. The number of aromatic nitrogens is 2. The van der Waals surface area contributed by atoms with E-state index in [1.54, 1.807) is 0 Å². The van der Waals surface area contributed by atoms with Gasteiger partial charge in [0.25, 0.3) is 0 Å². The molecule has 0 radical (unpaired) electrons. The van der Waals surface area contributed by atoms with Gasteiger partial charge in [-0.25, -0.2) is 9.97 Å². The molecular formula is C17H16BrN3. The number of benzene rings is 2. The molecule has 0 aliphatic heterocycles. The molecule has 0 fully saturated rings. The van der Waals surface area contributed by atoms with Crippen molar-refractivity contribution in [2.24, 2.45) is 0 Å². The zero-order valence-electron chi connectivity index (χ0n) is 12.0. The first-order chi connectivity index (χ1) is 10.1. The molecule has 0 saturated carbocycles. The normalized spacial score (nSPS) is 11.0. The summed E-state index contributed by atoms with van der Waals surface area (Å²) in [5.41, 5.74) is 1.05. The average Bonchev–Trinajstić information content (AvgIpc) is 2.47. The van der Waals surface area contributed by atoms with Crippen molar-refractivity contribution in [2.45, 2.75) is 19.8 Å². The number of hydrogen-bond acceptors (Lipinski definition) is 3. The molecule has 3 aromatic rings. The van der Waals surface area contributed by atoms with Crippen LogP contribution < -0.4 is 5.32 Å². The molecule has 0 spiro atoms. The molecule has 1 heterocycles. The fraction of sp³-hybridized carbons (Fsp3) is 0.176. The van der Waals surface area contributed by atoms with Crippen LogP contribution in [-0.2, 0) is 0 Å². The molecule has 0 aliphatic rings. The van der Waals surface area contributed by atoms with Crippen molar-refractivity contribution < 1.29 is 0 Å². The van der Waals surface area contributed by atoms with E-state index >= 15 is 0 Å². The largest absolute Gasteiger partial charge is 0.340 e. The summed E-state index contributed by atoms with van der Waals surface area (Å²) in [5, 5.41) is 5.79. The molecule has 1 aromatic heterocycles. The summed E-state index contributed by atoms with van der Waals surface area (Å²) < 4.78 is 0.795. The molecule has 21 heavy (non-hydrogen) atoms. The summed E-state index contributed by atoms with van der Waals surface area (Å²) in [6.45, 7) is 4.17. The summed E-state index contributed by atoms with van der Waals surface area (Å²) in [4.78, 5) is 8.99. The third-order valence-corrected chi connectivity index (χ3v) is 3.69. The molecular weight excluding hydrogens is 326 g/mol. The highest BCUT2D eigenvalue weighted by atomic mass is 79.9. The lowest BCUT2D eigenvalue weighted by Crippen LogP contribution is -2.02. The van der Waals surface area contributed by atoms with E-state index < -0.39 is 0 Å². The van der Waals surface area contributed by atoms with Crippen LogP contribution in [0.2, 0.25) is 0 Å². The summed E-state index contributed by atoms with van der Waals surface area (Å²) >= 11 is 3.45. The van der Waals surface area contributed by atoms with E-state index in [1.807, 2.05) is 24.3 Å². The van der Waals surface area contributed by atoms with Crippen molar-refractivity contribution in [1.29, 1.82) is 0 Å². The number of nitrogens with one attached hydrogen (secondary N) is 1. The first-order valence-corrected chi connectivity index (χ1v) is 7.72. The minimum atomic E-state index is 0.288. The highest BCUT2D eigenvalue weighted by Gasteiger charge is 2.08. The third-order valence-electron chi connectivity index (χ3n) is 3.28. The van der Waals surface area contributed by atoms with Crippen LogP contribution in [0.4, 0.5) is 11.5 Å². The molecule has 3 rings (SSSR count). The molecule has 0 amide bonds. The SMILES string of the molecule is CC(C)c1nc(Br)cc(Nc2cccc3ccccc23)n1. The quantitative estimate of drug-likeness (QED) is 0.660. The molecule has 0 bridgehead atoms. The molecule has 0 saturated heterocycles. The van der Waals surface area contributed by atoms with E-state index in [-0.39, 0.29) is 5.92 Å². The number of anilines is 2. The van der Waals surface area contributed by atoms with Crippen LogP contribution in [-0.4, -0.2) is 9.97 Å². The Morgan fingerprint density at radius 1 is 1.00 bits per heavy atom. The summed E-state index contributed by atoms with van der Waals surface area (Å²) in [7, 11) is 0. The van der Waals surface area contributed by atoms with Gasteiger partial charge in [0.1, 0.15) is 16.2 Å². The van der Waals surface area contributed by atoms with Crippen molar-refractivity contribution in [1.82, 2.24) is 9.97 Å². The van der Waals surface area contributed by atoms with Crippen LogP contribution >= 0.6 is 15.9 Å². The molecule has 0 atom stereocenters. The second kappa shape index (κ2) is 5.82. The summed E-state index contributed by atoms with van der Waals surface area (Å²) in [6, 6.07) is 16.4. The average molecular weight is 342 g/mol. The number of hydrogen-bond donors (Lipinski definition) is 1. The van der Waals surface area contributed by atoms with E-state index in [1.165, 1.54) is 10.8 Å². The van der Waals surface area contributed by atoms with E-state index in [0.29, 0.717) is 0 Å². The van der Waals surface area contributed by atoms with Crippen LogP contribution in [0, 0.1) is 0 Å². The van der Waals surface area contributed by atoms with Gasteiger partial charge in [0, 0.05) is 23.1 Å². The summed E-state index contributed by atoms with van der Waals surface area (Å²) in [5.74, 6) is 1.92. The van der Waals surface area contributed by atoms with Crippen molar-refractivity contribution in [3.8, 4) is 0 Å². The van der Waals surface area contributed by atoms with Gasteiger partial charge in [0.05, 0.1) is 0 Å². The minimum absolute atomic E-state index is 0.288. The maximum atomic E-state index is 4.58. The predicted molar refractivity (Wildman–Crippen MR) is 91.1 cm³/mol. The van der Waals surface area contributed by atoms with Gasteiger partial charge in [-0.05, 0) is 27.4 Å². The molecule has 0 aliphatic carbocycles. The van der Waals surface area contributed by atoms with Gasteiger partial charge in [-0.1, -0.05) is 50.2 Å². The molecule has 0 unspecified atom stereocenters. The van der Waals surface area contributed by atoms with Gasteiger partial charge < -0.3 is 5.32 Å². The first-order valence-electron chi connectivity index (χ1n) is 6.93. The fourth-order valence-corrected chi connectivity index (χ4v) is 2.63. The first kappa shape index (κ1) is 14.0. The zero-order valence-corrected chi connectivity index (χ0v) is 13.6. The number of fused-ring (bicyclic) bond motifs is 1. The van der Waals surface area contributed by atoms with Gasteiger partial charge in [-0.15, -0.1) is 0 Å². The van der Waals surface area contributed by atoms with Gasteiger partial charge in [-0.3, -0.25) is 0 Å². The summed E-state index contributed by atoms with van der Waals surface area (Å²) in [6.07, 6.45) is 0. The van der Waals surface area contributed by atoms with Crippen molar-refractivity contribution in [3.05, 3.63) is 59.0 Å². The van der Waals surface area contributed by atoms with Gasteiger partial charge in [0.15, 0.2) is 0 Å². The Balaban J connectivity index is 2.03. The van der Waals surface area contributed by atoms with Crippen LogP contribution in [0.25, 0.3) is 10.8 Å². The van der Waals surface area contributed by atoms with E-state index in [9.17, 15) is 0 Å². The van der Waals surface area contributed by atoms with Crippen LogP contribution in [0.15, 0.2) is 53.1 Å². The Morgan fingerprint density at radius 3 is 2.57 bits per heavy atom. The Kier molecular flexibility index (Phi) is 3.88. The standard InChI is InChI=1S/C17H16BrN3/c1-11(2)17-20-15(18)10-16(21-17)19-14-9-5-7-12-6-3-4-8-13(12)14/h3-11H,1-2H3,(H,19,20,21). The molecule has 3 nitrogen and oxygen atoms in total. The maximum Gasteiger partial charge on any atom is 0.135 e. The Morgan fingerprint density at radius 2 is 1.76 bits per heavy atom. The second-order valence-corrected chi connectivity index (χ2v) is 6.05. The van der Waals surface area contributed by atoms with Crippen molar-refractivity contribution >= 4 is 38.2 Å². The minimum Gasteiger partial charge on any atom is -0.340 e. The lowest BCUT2D eigenvalue weighted by Gasteiger charge is -2.11. The van der Waals surface area contributed by atoms with Gasteiger partial charge in [0.2, 0.25) is 0 Å². The predicted octanol–water partition coefficient (Wildman–Crippen LogP) is 5.26. The van der Waals surface area contributed by atoms with Gasteiger partial charge in [-0.2, -0.15) is 0 Å². The molecule has 106 valence electrons. The Hall–Kier alpha value is -1.94. The van der Waals surface area contributed by atoms with E-state index in [4.69, 9.17) is 0 Å². The third kappa shape index (κ3) is 3.05. The van der Waals surface area contributed by atoms with Crippen molar-refractivity contribution in [2.75, 3.05) is 5.32 Å². The van der Waals surface area contributed by atoms with Gasteiger partial charge >= 0.3 is 0 Å². The topological polar surface area (TPSA) is 37.8 Å². The number of nitrogens with zero attached hydrogens (tertiary/aromatic N) is 2. The maximum absolute atomic E-state index is 4.58.